The van der Waals surface area contributed by atoms with Crippen LogP contribution in [0.1, 0.15) is 13.3 Å². The number of hydrogen-bond acceptors (Lipinski definition) is 3. The Balaban J connectivity index is 3.16. The highest BCUT2D eigenvalue weighted by atomic mass is 32.2. The van der Waals surface area contributed by atoms with Crippen LogP contribution in [0.2, 0.25) is 0 Å². The van der Waals surface area contributed by atoms with Crippen molar-refractivity contribution in [1.29, 1.82) is 5.41 Å². The van der Waals surface area contributed by atoms with Gasteiger partial charge >= 0.3 is 0 Å². The van der Waals surface area contributed by atoms with Gasteiger partial charge in [-0.1, -0.05) is 18.7 Å². The highest BCUT2D eigenvalue weighted by Gasteiger charge is 1.98. The Hall–Kier alpha value is -0.220. The van der Waals surface area contributed by atoms with E-state index in [9.17, 15) is 0 Å². The van der Waals surface area contributed by atoms with E-state index in [0.717, 1.165) is 12.2 Å². The first-order valence-electron chi connectivity index (χ1n) is 2.89. The van der Waals surface area contributed by atoms with Crippen LogP contribution in [0.3, 0.4) is 0 Å². The van der Waals surface area contributed by atoms with Crippen LogP contribution in [0.25, 0.3) is 0 Å². The van der Waals surface area contributed by atoms with Gasteiger partial charge in [0.05, 0.1) is 0 Å². The maximum Gasteiger partial charge on any atom is 0.151 e. The summed E-state index contributed by atoms with van der Waals surface area (Å²) in [5, 5.41) is 7.00. The highest BCUT2D eigenvalue weighted by molar-refractivity contribution is 8.13. The molecular weight excluding hydrogens is 134 g/mol. The Kier molecular flexibility index (Phi) is 4.53. The lowest BCUT2D eigenvalue weighted by Gasteiger charge is -2.05. The molecule has 0 aliphatic carbocycles. The first kappa shape index (κ1) is 8.78. The quantitative estimate of drug-likeness (QED) is 0.398. The van der Waals surface area contributed by atoms with Crippen LogP contribution < -0.4 is 11.5 Å². The van der Waals surface area contributed by atoms with Gasteiger partial charge in [-0.25, -0.2) is 0 Å². The van der Waals surface area contributed by atoms with Crippen molar-refractivity contribution in [3.63, 3.8) is 0 Å². The van der Waals surface area contributed by atoms with E-state index in [4.69, 9.17) is 16.9 Å². The molecule has 4 heteroatoms. The Morgan fingerprint density at radius 2 is 2.33 bits per heavy atom. The minimum Gasteiger partial charge on any atom is -0.379 e. The van der Waals surface area contributed by atoms with Crippen LogP contribution in [-0.2, 0) is 0 Å². The summed E-state index contributed by atoms with van der Waals surface area (Å²) in [7, 11) is 0. The van der Waals surface area contributed by atoms with E-state index in [-0.39, 0.29) is 11.2 Å². The van der Waals surface area contributed by atoms with Gasteiger partial charge in [-0.15, -0.1) is 0 Å². The van der Waals surface area contributed by atoms with Gasteiger partial charge < -0.3 is 11.5 Å². The topological polar surface area (TPSA) is 75.9 Å². The van der Waals surface area contributed by atoms with Crippen LogP contribution in [0.15, 0.2) is 0 Å². The molecule has 1 atom stereocenters. The van der Waals surface area contributed by atoms with E-state index in [2.05, 4.69) is 0 Å². The van der Waals surface area contributed by atoms with Crippen LogP contribution >= 0.6 is 11.8 Å². The lowest BCUT2D eigenvalue weighted by molar-refractivity contribution is 0.726. The second kappa shape index (κ2) is 4.64. The average Bonchev–Trinajstić information content (AvgIpc) is 1.83. The van der Waals surface area contributed by atoms with E-state index < -0.39 is 0 Å². The lowest BCUT2D eigenvalue weighted by atomic mass is 10.3. The number of thioether (sulfide) groups is 1. The molecule has 3 nitrogen and oxygen atoms in total. The van der Waals surface area contributed by atoms with Gasteiger partial charge in [0.1, 0.15) is 0 Å². The van der Waals surface area contributed by atoms with Crippen molar-refractivity contribution in [2.75, 3.05) is 5.75 Å². The predicted molar refractivity (Wildman–Crippen MR) is 42.6 cm³/mol. The summed E-state index contributed by atoms with van der Waals surface area (Å²) < 4.78 is 0. The molecule has 0 aromatic heterocycles. The lowest BCUT2D eigenvalue weighted by Crippen LogP contribution is -2.23. The van der Waals surface area contributed by atoms with E-state index in [1.165, 1.54) is 11.8 Å². The monoisotopic (exact) mass is 147 g/mol. The van der Waals surface area contributed by atoms with Crippen molar-refractivity contribution in [2.24, 2.45) is 11.5 Å². The number of amidine groups is 1. The third-order valence-electron chi connectivity index (χ3n) is 0.977. The number of nitrogens with one attached hydrogen (secondary N) is 1. The van der Waals surface area contributed by atoms with Crippen molar-refractivity contribution in [1.82, 2.24) is 0 Å². The molecule has 0 aromatic carbocycles. The molecule has 54 valence electrons. The maximum atomic E-state index is 6.85. The molecule has 0 saturated carbocycles. The molecule has 0 aliphatic rings. The zero-order valence-electron chi connectivity index (χ0n) is 5.55. The summed E-state index contributed by atoms with van der Waals surface area (Å²) >= 11 is 1.30. The van der Waals surface area contributed by atoms with Crippen molar-refractivity contribution in [3.05, 3.63) is 0 Å². The minimum atomic E-state index is 0.152. The Morgan fingerprint density at radius 1 is 1.78 bits per heavy atom. The molecule has 9 heavy (non-hydrogen) atoms. The molecule has 0 saturated heterocycles. The maximum absolute atomic E-state index is 6.85. The summed E-state index contributed by atoms with van der Waals surface area (Å²) in [4.78, 5) is 0. The first-order chi connectivity index (χ1) is 4.16. The van der Waals surface area contributed by atoms with Crippen LogP contribution in [0, 0.1) is 5.41 Å². The average molecular weight is 147 g/mol. The molecule has 5 N–H and O–H groups in total. The summed E-state index contributed by atoms with van der Waals surface area (Å²) in [6, 6.07) is 0.180. The zero-order chi connectivity index (χ0) is 7.28. The van der Waals surface area contributed by atoms with E-state index in [1.54, 1.807) is 0 Å². The van der Waals surface area contributed by atoms with Gasteiger partial charge in [0.25, 0.3) is 0 Å². The van der Waals surface area contributed by atoms with Crippen molar-refractivity contribution >= 4 is 16.9 Å². The molecule has 0 spiro atoms. The fourth-order valence-electron chi connectivity index (χ4n) is 0.315. The van der Waals surface area contributed by atoms with Crippen LogP contribution in [0.5, 0.6) is 0 Å². The molecule has 0 fully saturated rings. The molecule has 0 aromatic rings. The van der Waals surface area contributed by atoms with Gasteiger partial charge in [0, 0.05) is 11.8 Å². The molecule has 0 heterocycles. The van der Waals surface area contributed by atoms with Gasteiger partial charge in [-0.2, -0.15) is 0 Å². The van der Waals surface area contributed by atoms with E-state index >= 15 is 0 Å². The molecule has 0 bridgehead atoms. The minimum absolute atomic E-state index is 0.152. The number of rotatable bonds is 3. The fourth-order valence-corrected chi connectivity index (χ4v) is 0.944. The number of hydrogen-bond donors (Lipinski definition) is 3. The molecule has 0 amide bonds. The normalized spacial score (nSPS) is 13.1. The van der Waals surface area contributed by atoms with Crippen LogP contribution in [0.4, 0.5) is 0 Å². The second-order valence-electron chi connectivity index (χ2n) is 1.84. The fraction of sp³-hybridized carbons (Fsp3) is 0.800. The van der Waals surface area contributed by atoms with Gasteiger partial charge in [-0.3, -0.25) is 5.41 Å². The SMILES string of the molecule is CC[C@@H](N)CSC(=N)N. The summed E-state index contributed by atoms with van der Waals surface area (Å²) in [6.45, 7) is 2.02. The Morgan fingerprint density at radius 3 is 2.67 bits per heavy atom. The molecular formula is C5H13N3S. The van der Waals surface area contributed by atoms with Crippen molar-refractivity contribution < 1.29 is 0 Å². The largest absolute Gasteiger partial charge is 0.379 e. The molecule has 0 aliphatic heterocycles. The summed E-state index contributed by atoms with van der Waals surface area (Å²) in [5.41, 5.74) is 10.6. The molecule has 0 radical (unpaired) electrons. The smallest absolute Gasteiger partial charge is 0.151 e. The first-order valence-corrected chi connectivity index (χ1v) is 3.87. The zero-order valence-corrected chi connectivity index (χ0v) is 6.37. The summed E-state index contributed by atoms with van der Waals surface area (Å²) in [5.74, 6) is 0.756. The molecule has 0 rings (SSSR count). The molecule has 0 unspecified atom stereocenters. The van der Waals surface area contributed by atoms with Crippen molar-refractivity contribution in [3.8, 4) is 0 Å². The Labute approximate surface area is 59.7 Å². The third-order valence-corrected chi connectivity index (χ3v) is 1.88. The van der Waals surface area contributed by atoms with Gasteiger partial charge in [0.15, 0.2) is 5.17 Å². The van der Waals surface area contributed by atoms with Crippen molar-refractivity contribution in [2.45, 2.75) is 19.4 Å². The van der Waals surface area contributed by atoms with Gasteiger partial charge in [-0.05, 0) is 6.42 Å². The van der Waals surface area contributed by atoms with Gasteiger partial charge in [0.2, 0.25) is 0 Å². The summed E-state index contributed by atoms with van der Waals surface area (Å²) in [6.07, 6.45) is 0.945. The third kappa shape index (κ3) is 5.65. The standard InChI is InChI=1S/C5H13N3S/c1-2-4(6)3-9-5(7)8/h4H,2-3,6H2,1H3,(H3,7,8)/t4-/m1/s1. The Bertz CT molecular complexity index is 94.2. The van der Waals surface area contributed by atoms with E-state index in [0.29, 0.717) is 0 Å². The highest BCUT2D eigenvalue weighted by Crippen LogP contribution is 2.01. The van der Waals surface area contributed by atoms with Crippen LogP contribution in [-0.4, -0.2) is 17.0 Å². The predicted octanol–water partition coefficient (Wildman–Crippen LogP) is 0.350. The number of nitrogens with two attached hydrogens (primary N) is 2. The second-order valence-corrected chi connectivity index (χ2v) is 2.91. The van der Waals surface area contributed by atoms with E-state index in [1.807, 2.05) is 6.92 Å².